The van der Waals surface area contributed by atoms with Crippen molar-refractivity contribution in [3.05, 3.63) is 53.1 Å². The summed E-state index contributed by atoms with van der Waals surface area (Å²) < 4.78 is 0. The molecule has 0 aliphatic carbocycles. The minimum Gasteiger partial charge on any atom is -0.389 e. The minimum absolute atomic E-state index is 0.269. The zero-order valence-electron chi connectivity index (χ0n) is 9.43. The van der Waals surface area contributed by atoms with Gasteiger partial charge in [0.05, 0.1) is 22.8 Å². The molecule has 0 radical (unpaired) electrons. The highest BCUT2D eigenvalue weighted by Crippen LogP contribution is 2.24. The average Bonchev–Trinajstić information content (AvgIpc) is 2.37. The van der Waals surface area contributed by atoms with Crippen molar-refractivity contribution in [2.75, 3.05) is 5.32 Å². The number of thiocarbonyl (C=S) groups is 1. The third-order valence-electron chi connectivity index (χ3n) is 2.36. The van der Waals surface area contributed by atoms with Gasteiger partial charge in [0.25, 0.3) is 0 Å². The van der Waals surface area contributed by atoms with Gasteiger partial charge in [0, 0.05) is 11.9 Å². The van der Waals surface area contributed by atoms with E-state index in [9.17, 15) is 0 Å². The second kappa shape index (κ2) is 5.75. The molecule has 0 unspecified atom stereocenters. The number of hydrogen-bond donors (Lipinski definition) is 2. The van der Waals surface area contributed by atoms with Crippen molar-refractivity contribution in [1.82, 2.24) is 9.97 Å². The molecule has 4 nitrogen and oxygen atoms in total. The maximum atomic E-state index is 6.07. The molecule has 0 atom stereocenters. The van der Waals surface area contributed by atoms with Gasteiger partial charge in [-0.25, -0.2) is 9.97 Å². The first-order valence-electron chi connectivity index (χ1n) is 5.25. The second-order valence-corrected chi connectivity index (χ2v) is 4.43. The van der Waals surface area contributed by atoms with Crippen molar-refractivity contribution in [2.24, 2.45) is 5.73 Å². The molecule has 1 aromatic carbocycles. The maximum absolute atomic E-state index is 6.07. The van der Waals surface area contributed by atoms with Crippen LogP contribution in [0.2, 0.25) is 5.02 Å². The smallest absolute Gasteiger partial charge is 0.115 e. The molecule has 0 spiro atoms. The molecule has 0 aliphatic heterocycles. The summed E-state index contributed by atoms with van der Waals surface area (Å²) in [6.07, 6.45) is 3.19. The van der Waals surface area contributed by atoms with E-state index in [1.54, 1.807) is 12.3 Å². The largest absolute Gasteiger partial charge is 0.389 e. The van der Waals surface area contributed by atoms with E-state index in [0.717, 1.165) is 11.4 Å². The number of nitrogens with zero attached hydrogens (tertiary/aromatic N) is 2. The lowest BCUT2D eigenvalue weighted by Crippen LogP contribution is -2.14. The van der Waals surface area contributed by atoms with Gasteiger partial charge in [0.2, 0.25) is 0 Å². The fraction of sp³-hybridized carbons (Fsp3) is 0.0833. The predicted molar refractivity (Wildman–Crippen MR) is 76.7 cm³/mol. The van der Waals surface area contributed by atoms with E-state index in [1.165, 1.54) is 6.33 Å². The Kier molecular flexibility index (Phi) is 4.07. The number of nitrogens with two attached hydrogens (primary N) is 1. The molecule has 1 aromatic heterocycles. The molecule has 1 heterocycles. The van der Waals surface area contributed by atoms with Gasteiger partial charge in [-0.05, 0) is 18.2 Å². The first-order valence-corrected chi connectivity index (χ1v) is 6.04. The summed E-state index contributed by atoms with van der Waals surface area (Å²) in [5.74, 6) is 0. The molecular formula is C12H11ClN4S. The molecule has 6 heteroatoms. The van der Waals surface area contributed by atoms with Gasteiger partial charge in [0.1, 0.15) is 11.3 Å². The molecule has 0 amide bonds. The Morgan fingerprint density at radius 2 is 2.22 bits per heavy atom. The summed E-state index contributed by atoms with van der Waals surface area (Å²) in [6, 6.07) is 7.30. The fourth-order valence-corrected chi connectivity index (χ4v) is 2.08. The summed E-state index contributed by atoms with van der Waals surface area (Å²) in [5, 5.41) is 3.75. The number of anilines is 1. The third kappa shape index (κ3) is 2.94. The predicted octanol–water partition coefficient (Wildman–Crippen LogP) is 2.38. The van der Waals surface area contributed by atoms with Gasteiger partial charge in [0.15, 0.2) is 0 Å². The lowest BCUT2D eigenvalue weighted by atomic mass is 10.1. The van der Waals surface area contributed by atoms with Crippen LogP contribution in [0.5, 0.6) is 0 Å². The Bertz CT molecular complexity index is 559. The van der Waals surface area contributed by atoms with Crippen molar-refractivity contribution in [2.45, 2.75) is 6.54 Å². The monoisotopic (exact) mass is 278 g/mol. The fourth-order valence-electron chi connectivity index (χ4n) is 1.53. The van der Waals surface area contributed by atoms with E-state index < -0.39 is 0 Å². The molecule has 2 rings (SSSR count). The van der Waals surface area contributed by atoms with Crippen LogP contribution in [0.3, 0.4) is 0 Å². The topological polar surface area (TPSA) is 63.8 Å². The highest BCUT2D eigenvalue weighted by atomic mass is 35.5. The van der Waals surface area contributed by atoms with E-state index in [2.05, 4.69) is 15.3 Å². The Morgan fingerprint density at radius 3 is 2.89 bits per heavy atom. The Balaban J connectivity index is 2.20. The normalized spacial score (nSPS) is 10.1. The molecule has 0 saturated heterocycles. The first kappa shape index (κ1) is 12.7. The molecule has 92 valence electrons. The molecular weight excluding hydrogens is 268 g/mol. The average molecular weight is 279 g/mol. The SMILES string of the molecule is NC(=S)c1c(Cl)cccc1NCc1ccncn1. The number of halogens is 1. The molecule has 0 bridgehead atoms. The summed E-state index contributed by atoms with van der Waals surface area (Å²) >= 11 is 11.1. The minimum atomic E-state index is 0.269. The van der Waals surface area contributed by atoms with E-state index in [1.807, 2.05) is 18.2 Å². The van der Waals surface area contributed by atoms with Gasteiger partial charge in [-0.15, -0.1) is 0 Å². The van der Waals surface area contributed by atoms with Gasteiger partial charge < -0.3 is 11.1 Å². The van der Waals surface area contributed by atoms with Crippen molar-refractivity contribution in [3.8, 4) is 0 Å². The number of benzene rings is 1. The maximum Gasteiger partial charge on any atom is 0.115 e. The highest BCUT2D eigenvalue weighted by Gasteiger charge is 2.09. The zero-order valence-corrected chi connectivity index (χ0v) is 11.0. The van der Waals surface area contributed by atoms with Crippen LogP contribution in [0.25, 0.3) is 0 Å². The zero-order chi connectivity index (χ0) is 13.0. The second-order valence-electron chi connectivity index (χ2n) is 3.58. The van der Waals surface area contributed by atoms with Gasteiger partial charge in [-0.2, -0.15) is 0 Å². The Morgan fingerprint density at radius 1 is 1.39 bits per heavy atom. The molecule has 0 saturated carbocycles. The summed E-state index contributed by atoms with van der Waals surface area (Å²) in [4.78, 5) is 8.25. The summed E-state index contributed by atoms with van der Waals surface area (Å²) in [7, 11) is 0. The lowest BCUT2D eigenvalue weighted by Gasteiger charge is -2.12. The molecule has 0 aliphatic rings. The van der Waals surface area contributed by atoms with Crippen molar-refractivity contribution >= 4 is 34.5 Å². The third-order valence-corrected chi connectivity index (χ3v) is 2.88. The van der Waals surface area contributed by atoms with Crippen LogP contribution >= 0.6 is 23.8 Å². The summed E-state index contributed by atoms with van der Waals surface area (Å²) in [5.41, 5.74) is 8.00. The molecule has 3 N–H and O–H groups in total. The van der Waals surface area contributed by atoms with Crippen molar-refractivity contribution in [1.29, 1.82) is 0 Å². The van der Waals surface area contributed by atoms with Gasteiger partial charge >= 0.3 is 0 Å². The molecule has 18 heavy (non-hydrogen) atoms. The van der Waals surface area contributed by atoms with E-state index >= 15 is 0 Å². The van der Waals surface area contributed by atoms with Crippen LogP contribution < -0.4 is 11.1 Å². The quantitative estimate of drug-likeness (QED) is 0.841. The number of hydrogen-bond acceptors (Lipinski definition) is 4. The van der Waals surface area contributed by atoms with E-state index in [0.29, 0.717) is 17.1 Å². The molecule has 2 aromatic rings. The highest BCUT2D eigenvalue weighted by molar-refractivity contribution is 7.80. The molecule has 0 fully saturated rings. The number of aromatic nitrogens is 2. The van der Waals surface area contributed by atoms with Crippen LogP contribution in [0.4, 0.5) is 5.69 Å². The lowest BCUT2D eigenvalue weighted by molar-refractivity contribution is 1.01. The van der Waals surface area contributed by atoms with Crippen LogP contribution in [0.15, 0.2) is 36.8 Å². The van der Waals surface area contributed by atoms with Crippen LogP contribution in [-0.2, 0) is 6.54 Å². The Hall–Kier alpha value is -1.72. The van der Waals surface area contributed by atoms with E-state index in [-0.39, 0.29) is 4.99 Å². The number of nitrogens with one attached hydrogen (secondary N) is 1. The van der Waals surface area contributed by atoms with E-state index in [4.69, 9.17) is 29.6 Å². The van der Waals surface area contributed by atoms with Gasteiger partial charge in [-0.3, -0.25) is 0 Å². The van der Waals surface area contributed by atoms with Crippen LogP contribution in [-0.4, -0.2) is 15.0 Å². The van der Waals surface area contributed by atoms with Crippen molar-refractivity contribution in [3.63, 3.8) is 0 Å². The van der Waals surface area contributed by atoms with Crippen LogP contribution in [0.1, 0.15) is 11.3 Å². The van der Waals surface area contributed by atoms with Crippen LogP contribution in [0, 0.1) is 0 Å². The Labute approximate surface area is 115 Å². The van der Waals surface area contributed by atoms with Crippen molar-refractivity contribution < 1.29 is 0 Å². The summed E-state index contributed by atoms with van der Waals surface area (Å²) in [6.45, 7) is 0.554. The first-order chi connectivity index (χ1) is 8.68. The standard InChI is InChI=1S/C12H11ClN4S/c13-9-2-1-3-10(11(9)12(14)18)16-6-8-4-5-15-7-17-8/h1-5,7,16H,6H2,(H2,14,18). The van der Waals surface area contributed by atoms with Gasteiger partial charge in [-0.1, -0.05) is 29.9 Å². The number of rotatable bonds is 4.